The lowest BCUT2D eigenvalue weighted by molar-refractivity contribution is -0.138. The fourth-order valence-electron chi connectivity index (χ4n) is 2.78. The van der Waals surface area contributed by atoms with E-state index in [1.807, 2.05) is 19.1 Å². The van der Waals surface area contributed by atoms with Gasteiger partial charge in [0.2, 0.25) is 0 Å². The number of nitrogens with zero attached hydrogens (tertiary/aromatic N) is 1. The minimum Gasteiger partial charge on any atom is -0.497 e. The number of aliphatic imine (C=N–C) groups is 1. The summed E-state index contributed by atoms with van der Waals surface area (Å²) in [5.74, 6) is 1.91. The predicted octanol–water partition coefficient (Wildman–Crippen LogP) is 4.07. The first-order valence-corrected chi connectivity index (χ1v) is 10.1. The second-order valence-electron chi connectivity index (χ2n) is 6.03. The van der Waals surface area contributed by atoms with Crippen molar-refractivity contribution in [2.24, 2.45) is 4.99 Å². The molecule has 1 atom stereocenters. The summed E-state index contributed by atoms with van der Waals surface area (Å²) in [5.41, 5.74) is 2.06. The lowest BCUT2D eigenvalue weighted by Crippen LogP contribution is -2.30. The van der Waals surface area contributed by atoms with E-state index in [0.717, 1.165) is 35.0 Å². The maximum Gasteiger partial charge on any atom is 0.338 e. The zero-order valence-corrected chi connectivity index (χ0v) is 17.4. The third kappa shape index (κ3) is 5.19. The van der Waals surface area contributed by atoms with Gasteiger partial charge in [-0.15, -0.1) is 0 Å². The molecule has 0 fully saturated rings. The molecule has 0 saturated heterocycles. The van der Waals surface area contributed by atoms with Gasteiger partial charge in [0.1, 0.15) is 17.5 Å². The Balaban J connectivity index is 2.46. The molecule has 1 N–H and O–H groups in total. The number of unbranched alkanes of at least 4 members (excludes halogenated alkanes) is 1. The normalized spacial score (nSPS) is 16.5. The van der Waals surface area contributed by atoms with Crippen molar-refractivity contribution in [3.63, 3.8) is 0 Å². The Morgan fingerprint density at radius 2 is 2.04 bits per heavy atom. The summed E-state index contributed by atoms with van der Waals surface area (Å²) in [4.78, 5) is 17.4. The van der Waals surface area contributed by atoms with Crippen molar-refractivity contribution in [1.82, 2.24) is 5.32 Å². The molecule has 0 spiro atoms. The zero-order chi connectivity index (χ0) is 19.8. The minimum atomic E-state index is -0.490. The second-order valence-corrected chi connectivity index (χ2v) is 7.11. The van der Waals surface area contributed by atoms with E-state index < -0.39 is 6.04 Å². The average molecular weight is 393 g/mol. The Kier molecular flexibility index (Phi) is 8.03. The number of methoxy groups -OCH3 is 2. The van der Waals surface area contributed by atoms with E-state index in [2.05, 4.69) is 12.2 Å². The summed E-state index contributed by atoms with van der Waals surface area (Å²) in [7, 11) is 3.20. The molecule has 0 amide bonds. The molecule has 0 bridgehead atoms. The van der Waals surface area contributed by atoms with Gasteiger partial charge in [0.15, 0.2) is 5.17 Å². The van der Waals surface area contributed by atoms with Crippen molar-refractivity contribution in [3.05, 3.63) is 35.0 Å². The summed E-state index contributed by atoms with van der Waals surface area (Å²) in [6.07, 6.45) is 2.23. The standard InChI is InChI=1S/C20H28N2O4S/c1-6-8-11-27-20-21-13(3)17(19(23)26-7-2)18(22-20)15-10-9-14(24-4)12-16(15)25-5/h9-10,12,18H,6-8,11H2,1-5H3,(H,21,22)/t18-/m1/s1. The third-order valence-electron chi connectivity index (χ3n) is 4.19. The molecule has 1 aliphatic rings. The number of rotatable bonds is 8. The van der Waals surface area contributed by atoms with Crippen molar-refractivity contribution in [2.75, 3.05) is 26.6 Å². The number of esters is 1. The molecule has 27 heavy (non-hydrogen) atoms. The number of ether oxygens (including phenoxy) is 3. The average Bonchev–Trinajstić information content (AvgIpc) is 2.67. The number of hydrogen-bond acceptors (Lipinski definition) is 7. The fraction of sp³-hybridized carbons (Fsp3) is 0.500. The first-order valence-electron chi connectivity index (χ1n) is 9.13. The van der Waals surface area contributed by atoms with E-state index in [-0.39, 0.29) is 5.97 Å². The Bertz CT molecular complexity index is 731. The molecule has 0 unspecified atom stereocenters. The molecule has 1 heterocycles. The molecule has 0 aliphatic carbocycles. The molecule has 1 aromatic rings. The highest BCUT2D eigenvalue weighted by Gasteiger charge is 2.32. The molecule has 1 aromatic carbocycles. The van der Waals surface area contributed by atoms with Crippen LogP contribution in [0.3, 0.4) is 0 Å². The van der Waals surface area contributed by atoms with Gasteiger partial charge in [0.05, 0.1) is 26.4 Å². The van der Waals surface area contributed by atoms with Crippen molar-refractivity contribution >= 4 is 22.9 Å². The lowest BCUT2D eigenvalue weighted by Gasteiger charge is -2.26. The van der Waals surface area contributed by atoms with Gasteiger partial charge >= 0.3 is 5.97 Å². The Morgan fingerprint density at radius 3 is 2.67 bits per heavy atom. The number of carbonyl (C=O) groups is 1. The van der Waals surface area contributed by atoms with Crippen LogP contribution in [0.1, 0.15) is 45.2 Å². The molecular formula is C20H28N2O4S. The fourth-order valence-corrected chi connectivity index (χ4v) is 3.81. The van der Waals surface area contributed by atoms with Crippen LogP contribution >= 0.6 is 11.8 Å². The number of allylic oxidation sites excluding steroid dienone is 1. The molecule has 0 aromatic heterocycles. The van der Waals surface area contributed by atoms with Crippen LogP contribution in [0.15, 0.2) is 34.5 Å². The number of nitrogens with one attached hydrogen (secondary N) is 1. The molecule has 6 nitrogen and oxygen atoms in total. The Hall–Kier alpha value is -2.15. The monoisotopic (exact) mass is 392 g/mol. The Labute approximate surface area is 165 Å². The van der Waals surface area contributed by atoms with Gasteiger partial charge in [-0.3, -0.25) is 0 Å². The smallest absolute Gasteiger partial charge is 0.338 e. The van der Waals surface area contributed by atoms with Crippen molar-refractivity contribution < 1.29 is 19.0 Å². The first kappa shape index (κ1) is 21.2. The maximum atomic E-state index is 12.6. The van der Waals surface area contributed by atoms with Crippen LogP contribution in [0.4, 0.5) is 0 Å². The second kappa shape index (κ2) is 10.3. The van der Waals surface area contributed by atoms with Gasteiger partial charge in [-0.05, 0) is 32.4 Å². The molecule has 148 valence electrons. The van der Waals surface area contributed by atoms with Crippen LogP contribution in [-0.4, -0.2) is 37.7 Å². The molecule has 1 aliphatic heterocycles. The molecule has 0 saturated carbocycles. The minimum absolute atomic E-state index is 0.309. The van der Waals surface area contributed by atoms with Crippen molar-refractivity contribution in [2.45, 2.75) is 39.7 Å². The van der Waals surface area contributed by atoms with Crippen molar-refractivity contribution in [3.8, 4) is 11.5 Å². The van der Waals surface area contributed by atoms with Crippen LogP contribution in [-0.2, 0) is 9.53 Å². The van der Waals surface area contributed by atoms with E-state index in [9.17, 15) is 4.79 Å². The lowest BCUT2D eigenvalue weighted by atomic mass is 9.95. The van der Waals surface area contributed by atoms with Gasteiger partial charge < -0.3 is 19.5 Å². The van der Waals surface area contributed by atoms with E-state index in [1.54, 1.807) is 39.0 Å². The molecule has 7 heteroatoms. The number of thioether (sulfide) groups is 1. The van der Waals surface area contributed by atoms with Crippen LogP contribution < -0.4 is 14.8 Å². The molecular weight excluding hydrogens is 364 g/mol. The summed E-state index contributed by atoms with van der Waals surface area (Å²) < 4.78 is 16.1. The van der Waals surface area contributed by atoms with Gasteiger partial charge in [-0.25, -0.2) is 9.79 Å². The highest BCUT2D eigenvalue weighted by atomic mass is 32.2. The maximum absolute atomic E-state index is 12.6. The van der Waals surface area contributed by atoms with E-state index in [4.69, 9.17) is 19.2 Å². The van der Waals surface area contributed by atoms with E-state index >= 15 is 0 Å². The summed E-state index contributed by atoms with van der Waals surface area (Å²) in [5, 5.41) is 4.05. The molecule has 0 radical (unpaired) electrons. The van der Waals surface area contributed by atoms with Crippen LogP contribution in [0.2, 0.25) is 0 Å². The number of benzene rings is 1. The van der Waals surface area contributed by atoms with Crippen LogP contribution in [0.25, 0.3) is 0 Å². The third-order valence-corrected chi connectivity index (χ3v) is 5.16. The van der Waals surface area contributed by atoms with Gasteiger partial charge in [-0.1, -0.05) is 25.1 Å². The van der Waals surface area contributed by atoms with E-state index in [1.165, 1.54) is 0 Å². The van der Waals surface area contributed by atoms with Gasteiger partial charge in [0.25, 0.3) is 0 Å². The predicted molar refractivity (Wildman–Crippen MR) is 110 cm³/mol. The summed E-state index contributed by atoms with van der Waals surface area (Å²) in [6.45, 7) is 6.14. The highest BCUT2D eigenvalue weighted by Crippen LogP contribution is 2.39. The van der Waals surface area contributed by atoms with Crippen LogP contribution in [0, 0.1) is 0 Å². The SMILES string of the molecule is CCCCSC1=N[C@H](c2ccc(OC)cc2OC)C(C(=O)OCC)=C(C)N1. The van der Waals surface area contributed by atoms with Crippen LogP contribution in [0.5, 0.6) is 11.5 Å². The van der Waals surface area contributed by atoms with Gasteiger partial charge in [-0.2, -0.15) is 0 Å². The largest absolute Gasteiger partial charge is 0.497 e. The zero-order valence-electron chi connectivity index (χ0n) is 16.6. The Morgan fingerprint density at radius 1 is 1.26 bits per heavy atom. The molecule has 2 rings (SSSR count). The van der Waals surface area contributed by atoms with Crippen molar-refractivity contribution in [1.29, 1.82) is 0 Å². The van der Waals surface area contributed by atoms with E-state index in [0.29, 0.717) is 23.7 Å². The number of hydrogen-bond donors (Lipinski definition) is 1. The highest BCUT2D eigenvalue weighted by molar-refractivity contribution is 8.13. The summed E-state index contributed by atoms with van der Waals surface area (Å²) in [6, 6.07) is 5.04. The number of carbonyl (C=O) groups excluding carboxylic acids is 1. The first-order chi connectivity index (χ1) is 13.0. The topological polar surface area (TPSA) is 69.2 Å². The number of amidine groups is 1. The summed E-state index contributed by atoms with van der Waals surface area (Å²) >= 11 is 1.66. The van der Waals surface area contributed by atoms with Gasteiger partial charge in [0, 0.05) is 23.1 Å². The quantitative estimate of drug-likeness (QED) is 0.531.